The molecule has 0 heteroatoms. The van der Waals surface area contributed by atoms with Crippen molar-refractivity contribution in [2.45, 2.75) is 32.6 Å². The van der Waals surface area contributed by atoms with Gasteiger partial charge in [-0.2, -0.15) is 0 Å². The Morgan fingerprint density at radius 1 is 0.733 bits per heavy atom. The van der Waals surface area contributed by atoms with Crippen molar-refractivity contribution < 1.29 is 0 Å². The Kier molecular flexibility index (Phi) is 3.65. The topological polar surface area (TPSA) is 0 Å². The lowest BCUT2D eigenvalue weighted by atomic mass is 9.66. The standard InChI is InChI=1S/C30H26/c1-19-11-4-5-13-22(19)29-21(3)23-14-6-8-16-25(23)30(29)26-17-9-7-15-24(26)28-20(2)12-10-18-27(28)30/h4-11,13-18,20H,12H2,1-3H3. The number of benzene rings is 3. The third kappa shape index (κ3) is 2.02. The van der Waals surface area contributed by atoms with Gasteiger partial charge in [0.15, 0.2) is 0 Å². The molecule has 1 spiro atoms. The summed E-state index contributed by atoms with van der Waals surface area (Å²) >= 11 is 0. The first kappa shape index (κ1) is 17.7. The quantitative estimate of drug-likeness (QED) is 0.404. The van der Waals surface area contributed by atoms with Crippen molar-refractivity contribution in [3.8, 4) is 0 Å². The Labute approximate surface area is 179 Å². The lowest BCUT2D eigenvalue weighted by Crippen LogP contribution is -2.28. The molecule has 146 valence electrons. The molecule has 0 bridgehead atoms. The number of allylic oxidation sites excluding steroid dienone is 6. The molecule has 6 rings (SSSR count). The third-order valence-corrected chi connectivity index (χ3v) is 7.48. The van der Waals surface area contributed by atoms with E-state index >= 15 is 0 Å². The van der Waals surface area contributed by atoms with Crippen molar-refractivity contribution in [2.24, 2.45) is 5.92 Å². The fourth-order valence-corrected chi connectivity index (χ4v) is 6.30. The minimum absolute atomic E-state index is 0.218. The van der Waals surface area contributed by atoms with Crippen molar-refractivity contribution in [3.05, 3.63) is 124 Å². The van der Waals surface area contributed by atoms with Crippen LogP contribution in [0, 0.1) is 12.8 Å². The number of hydrogen-bond acceptors (Lipinski definition) is 0. The summed E-state index contributed by atoms with van der Waals surface area (Å²) in [6, 6.07) is 27.1. The molecular formula is C30H26. The Hall–Kier alpha value is -3.12. The van der Waals surface area contributed by atoms with Gasteiger partial charge < -0.3 is 0 Å². The van der Waals surface area contributed by atoms with Crippen LogP contribution in [-0.4, -0.2) is 0 Å². The highest BCUT2D eigenvalue weighted by Gasteiger charge is 2.54. The van der Waals surface area contributed by atoms with Crippen molar-refractivity contribution in [2.75, 3.05) is 0 Å². The Balaban J connectivity index is 1.82. The fourth-order valence-electron chi connectivity index (χ4n) is 6.30. The average Bonchev–Trinajstić information content (AvgIpc) is 3.21. The van der Waals surface area contributed by atoms with Gasteiger partial charge in [0.2, 0.25) is 0 Å². The van der Waals surface area contributed by atoms with Gasteiger partial charge in [0.05, 0.1) is 5.41 Å². The molecule has 2 unspecified atom stereocenters. The van der Waals surface area contributed by atoms with Gasteiger partial charge >= 0.3 is 0 Å². The average molecular weight is 387 g/mol. The molecule has 2 atom stereocenters. The SMILES string of the molecule is CC1=C(c2ccccc2C)C2(C3=C(c4ccccc42)C(C)CC=C3)c2ccccc21. The molecule has 0 radical (unpaired) electrons. The molecule has 0 fully saturated rings. The summed E-state index contributed by atoms with van der Waals surface area (Å²) in [4.78, 5) is 0. The van der Waals surface area contributed by atoms with Gasteiger partial charge in [0.1, 0.15) is 0 Å². The highest BCUT2D eigenvalue weighted by molar-refractivity contribution is 6.10. The van der Waals surface area contributed by atoms with Crippen LogP contribution in [0.4, 0.5) is 0 Å². The fraction of sp³-hybridized carbons (Fsp3) is 0.200. The zero-order valence-corrected chi connectivity index (χ0v) is 17.9. The first-order chi connectivity index (χ1) is 14.7. The van der Waals surface area contributed by atoms with Crippen LogP contribution in [0.25, 0.3) is 16.7 Å². The minimum Gasteiger partial charge on any atom is -0.0836 e. The molecule has 0 aliphatic heterocycles. The van der Waals surface area contributed by atoms with Gasteiger partial charge in [-0.05, 0) is 81.9 Å². The summed E-state index contributed by atoms with van der Waals surface area (Å²) in [5, 5.41) is 0. The van der Waals surface area contributed by atoms with Crippen LogP contribution >= 0.6 is 0 Å². The van der Waals surface area contributed by atoms with E-state index in [1.165, 1.54) is 50.1 Å². The van der Waals surface area contributed by atoms with Gasteiger partial charge in [0, 0.05) is 0 Å². The highest BCUT2D eigenvalue weighted by Crippen LogP contribution is 2.65. The Bertz CT molecular complexity index is 1300. The third-order valence-electron chi connectivity index (χ3n) is 7.48. The maximum absolute atomic E-state index is 2.43. The van der Waals surface area contributed by atoms with Gasteiger partial charge in [-0.3, -0.25) is 0 Å². The van der Waals surface area contributed by atoms with Crippen LogP contribution in [-0.2, 0) is 5.41 Å². The van der Waals surface area contributed by atoms with Crippen molar-refractivity contribution >= 4 is 16.7 Å². The molecule has 0 nitrogen and oxygen atoms in total. The van der Waals surface area contributed by atoms with E-state index in [1.54, 1.807) is 5.57 Å². The largest absolute Gasteiger partial charge is 0.0836 e. The van der Waals surface area contributed by atoms with Crippen molar-refractivity contribution in [1.82, 2.24) is 0 Å². The normalized spacial score (nSPS) is 23.8. The van der Waals surface area contributed by atoms with Crippen LogP contribution in [0.1, 0.15) is 53.6 Å². The molecule has 0 saturated carbocycles. The second-order valence-electron chi connectivity index (χ2n) is 9.02. The molecule has 0 heterocycles. The molecule has 0 saturated heterocycles. The van der Waals surface area contributed by atoms with Crippen LogP contribution in [0.2, 0.25) is 0 Å². The van der Waals surface area contributed by atoms with Crippen molar-refractivity contribution in [3.63, 3.8) is 0 Å². The molecule has 0 amide bonds. The van der Waals surface area contributed by atoms with E-state index in [0.29, 0.717) is 5.92 Å². The minimum atomic E-state index is -0.218. The summed E-state index contributed by atoms with van der Waals surface area (Å²) in [6.07, 6.45) is 5.94. The summed E-state index contributed by atoms with van der Waals surface area (Å²) in [6.45, 7) is 6.97. The van der Waals surface area contributed by atoms with E-state index < -0.39 is 0 Å². The Morgan fingerprint density at radius 2 is 1.33 bits per heavy atom. The van der Waals surface area contributed by atoms with Crippen LogP contribution in [0.15, 0.2) is 90.5 Å². The second kappa shape index (κ2) is 6.19. The molecule has 3 aromatic rings. The summed E-state index contributed by atoms with van der Waals surface area (Å²) in [5.74, 6) is 0.539. The summed E-state index contributed by atoms with van der Waals surface area (Å²) in [5.41, 5.74) is 14.2. The smallest absolute Gasteiger partial charge is 0.0724 e. The predicted molar refractivity (Wildman–Crippen MR) is 127 cm³/mol. The van der Waals surface area contributed by atoms with Gasteiger partial charge in [-0.1, -0.05) is 91.9 Å². The first-order valence-electron chi connectivity index (χ1n) is 11.0. The Morgan fingerprint density at radius 3 is 2.07 bits per heavy atom. The summed E-state index contributed by atoms with van der Waals surface area (Å²) < 4.78 is 0. The highest BCUT2D eigenvalue weighted by atomic mass is 14.5. The molecule has 0 aromatic heterocycles. The maximum Gasteiger partial charge on any atom is 0.0724 e. The number of rotatable bonds is 1. The molecule has 3 aliphatic rings. The van der Waals surface area contributed by atoms with E-state index in [0.717, 1.165) is 6.42 Å². The summed E-state index contributed by atoms with van der Waals surface area (Å²) in [7, 11) is 0. The number of fused-ring (bicyclic) bond motifs is 6. The molecular weight excluding hydrogens is 360 g/mol. The molecule has 0 N–H and O–H groups in total. The van der Waals surface area contributed by atoms with E-state index in [9.17, 15) is 0 Å². The van der Waals surface area contributed by atoms with Crippen LogP contribution in [0.5, 0.6) is 0 Å². The zero-order valence-electron chi connectivity index (χ0n) is 17.9. The lowest BCUT2D eigenvalue weighted by Gasteiger charge is -2.35. The predicted octanol–water partition coefficient (Wildman–Crippen LogP) is 7.59. The lowest BCUT2D eigenvalue weighted by molar-refractivity contribution is 0.741. The van der Waals surface area contributed by atoms with E-state index in [1.807, 2.05) is 0 Å². The van der Waals surface area contributed by atoms with Crippen LogP contribution < -0.4 is 0 Å². The molecule has 3 aliphatic carbocycles. The van der Waals surface area contributed by atoms with Gasteiger partial charge in [-0.25, -0.2) is 0 Å². The van der Waals surface area contributed by atoms with Gasteiger partial charge in [0.25, 0.3) is 0 Å². The maximum atomic E-state index is 2.43. The second-order valence-corrected chi connectivity index (χ2v) is 9.02. The monoisotopic (exact) mass is 386 g/mol. The van der Waals surface area contributed by atoms with E-state index in [2.05, 4.69) is 106 Å². The van der Waals surface area contributed by atoms with E-state index in [-0.39, 0.29) is 5.41 Å². The number of hydrogen-bond donors (Lipinski definition) is 0. The molecule has 3 aromatic carbocycles. The zero-order chi connectivity index (χ0) is 20.5. The van der Waals surface area contributed by atoms with Crippen molar-refractivity contribution in [1.29, 1.82) is 0 Å². The van der Waals surface area contributed by atoms with E-state index in [4.69, 9.17) is 0 Å². The number of aryl methyl sites for hydroxylation is 1. The van der Waals surface area contributed by atoms with Crippen LogP contribution in [0.3, 0.4) is 0 Å². The van der Waals surface area contributed by atoms with Gasteiger partial charge in [-0.15, -0.1) is 0 Å². The first-order valence-corrected chi connectivity index (χ1v) is 11.0. The molecule has 30 heavy (non-hydrogen) atoms.